The number of nitrogens with two attached hydrogens (primary N) is 1. The minimum Gasteiger partial charge on any atom is -0.397 e. The molecular formula is C15H15FN2O2S. The van der Waals surface area contributed by atoms with Gasteiger partial charge in [0.15, 0.2) is 0 Å². The Morgan fingerprint density at radius 1 is 1.29 bits per heavy atom. The predicted molar refractivity (Wildman–Crippen MR) is 81.9 cm³/mol. The second kappa shape index (κ2) is 6.49. The molecule has 3 N–H and O–H groups in total. The Kier molecular flexibility index (Phi) is 4.70. The summed E-state index contributed by atoms with van der Waals surface area (Å²) in [5.41, 5.74) is 7.01. The van der Waals surface area contributed by atoms with E-state index in [1.807, 2.05) is 13.0 Å². The summed E-state index contributed by atoms with van der Waals surface area (Å²) < 4.78 is 25.0. The molecule has 0 radical (unpaired) electrons. The molecule has 21 heavy (non-hydrogen) atoms. The number of nitrogen functional groups attached to an aromatic ring is 1. The Balaban J connectivity index is 2.03. The van der Waals surface area contributed by atoms with Crippen molar-refractivity contribution in [3.63, 3.8) is 0 Å². The van der Waals surface area contributed by atoms with Gasteiger partial charge in [0.1, 0.15) is 11.6 Å². The maximum Gasteiger partial charge on any atom is 0.237 e. The van der Waals surface area contributed by atoms with Crippen LogP contribution in [0.25, 0.3) is 0 Å². The summed E-state index contributed by atoms with van der Waals surface area (Å²) in [6, 6.07) is 10.9. The van der Waals surface area contributed by atoms with Gasteiger partial charge in [-0.05, 0) is 42.8 Å². The fraction of sp³-hybridized carbons (Fsp3) is 0.133. The van der Waals surface area contributed by atoms with Crippen molar-refractivity contribution in [1.82, 2.24) is 0 Å². The van der Waals surface area contributed by atoms with E-state index in [0.717, 1.165) is 11.6 Å². The van der Waals surface area contributed by atoms with E-state index in [-0.39, 0.29) is 11.4 Å². The summed E-state index contributed by atoms with van der Waals surface area (Å²) in [4.78, 5) is 12.5. The molecule has 0 saturated heterocycles. The zero-order valence-corrected chi connectivity index (χ0v) is 12.2. The molecule has 0 fully saturated rings. The molecule has 4 nitrogen and oxygen atoms in total. The van der Waals surface area contributed by atoms with Crippen molar-refractivity contribution in [1.29, 1.82) is 0 Å². The van der Waals surface area contributed by atoms with E-state index in [1.165, 1.54) is 12.1 Å². The molecule has 6 heteroatoms. The van der Waals surface area contributed by atoms with E-state index >= 15 is 0 Å². The van der Waals surface area contributed by atoms with Gasteiger partial charge in [-0.2, -0.15) is 0 Å². The Labute approximate surface area is 124 Å². The van der Waals surface area contributed by atoms with Gasteiger partial charge in [0.2, 0.25) is 5.91 Å². The molecule has 0 aliphatic carbocycles. The van der Waals surface area contributed by atoms with Gasteiger partial charge in [0.05, 0.1) is 22.2 Å². The number of nitrogens with one attached hydrogen (secondary N) is 1. The number of aryl methyl sites for hydroxylation is 1. The minimum atomic E-state index is -1.44. The van der Waals surface area contributed by atoms with Crippen LogP contribution in [0.2, 0.25) is 0 Å². The molecule has 2 aromatic rings. The van der Waals surface area contributed by atoms with Gasteiger partial charge in [-0.25, -0.2) is 4.39 Å². The van der Waals surface area contributed by atoms with E-state index in [1.54, 1.807) is 18.2 Å². The molecule has 1 unspecified atom stereocenters. The quantitative estimate of drug-likeness (QED) is 0.852. The van der Waals surface area contributed by atoms with Gasteiger partial charge in [0, 0.05) is 4.90 Å². The Morgan fingerprint density at radius 2 is 2.05 bits per heavy atom. The first-order valence-electron chi connectivity index (χ1n) is 6.25. The lowest BCUT2D eigenvalue weighted by atomic mass is 10.2. The number of carbonyl (C=O) groups excluding carboxylic acids is 1. The number of anilines is 2. The van der Waals surface area contributed by atoms with Crippen LogP contribution in [-0.2, 0) is 15.6 Å². The lowest BCUT2D eigenvalue weighted by Crippen LogP contribution is -2.20. The van der Waals surface area contributed by atoms with Crippen molar-refractivity contribution < 1.29 is 13.4 Å². The third kappa shape index (κ3) is 4.13. The third-order valence-corrected chi connectivity index (χ3v) is 4.11. The molecule has 2 aromatic carbocycles. The van der Waals surface area contributed by atoms with Crippen LogP contribution in [0.4, 0.5) is 15.8 Å². The molecule has 0 spiro atoms. The van der Waals surface area contributed by atoms with Crippen LogP contribution in [0.3, 0.4) is 0 Å². The average Bonchev–Trinajstić information content (AvgIpc) is 2.42. The van der Waals surface area contributed by atoms with Gasteiger partial charge in [-0.15, -0.1) is 0 Å². The van der Waals surface area contributed by atoms with E-state index in [2.05, 4.69) is 5.32 Å². The lowest BCUT2D eigenvalue weighted by Gasteiger charge is -2.08. The number of hydrogen-bond acceptors (Lipinski definition) is 3. The monoisotopic (exact) mass is 306 g/mol. The predicted octanol–water partition coefficient (Wildman–Crippen LogP) is 2.46. The summed E-state index contributed by atoms with van der Waals surface area (Å²) >= 11 is 0. The number of amides is 1. The van der Waals surface area contributed by atoms with Crippen LogP contribution in [0.1, 0.15) is 5.56 Å². The van der Waals surface area contributed by atoms with E-state index in [4.69, 9.17) is 5.73 Å². The van der Waals surface area contributed by atoms with Gasteiger partial charge in [-0.3, -0.25) is 9.00 Å². The first-order chi connectivity index (χ1) is 9.95. The molecule has 110 valence electrons. The van der Waals surface area contributed by atoms with Crippen molar-refractivity contribution >= 4 is 28.1 Å². The number of hydrogen-bond donors (Lipinski definition) is 2. The van der Waals surface area contributed by atoms with Crippen molar-refractivity contribution in [2.24, 2.45) is 0 Å². The summed E-state index contributed by atoms with van der Waals surface area (Å²) in [6.45, 7) is 1.89. The summed E-state index contributed by atoms with van der Waals surface area (Å²) in [7, 11) is -1.44. The SMILES string of the molecule is Cc1cccc(S(=O)CC(=O)Nc2ccc(F)cc2N)c1. The van der Waals surface area contributed by atoms with E-state index in [9.17, 15) is 13.4 Å². The summed E-state index contributed by atoms with van der Waals surface area (Å²) in [6.07, 6.45) is 0. The highest BCUT2D eigenvalue weighted by atomic mass is 32.2. The Morgan fingerprint density at radius 3 is 2.71 bits per heavy atom. The zero-order valence-electron chi connectivity index (χ0n) is 11.4. The maximum atomic E-state index is 12.9. The van der Waals surface area contributed by atoms with Gasteiger partial charge >= 0.3 is 0 Å². The van der Waals surface area contributed by atoms with Crippen molar-refractivity contribution in [3.05, 3.63) is 53.8 Å². The number of rotatable bonds is 4. The summed E-state index contributed by atoms with van der Waals surface area (Å²) in [5.74, 6) is -1.10. The smallest absolute Gasteiger partial charge is 0.237 e. The summed E-state index contributed by atoms with van der Waals surface area (Å²) in [5, 5.41) is 2.53. The molecule has 1 atom stereocenters. The highest BCUT2D eigenvalue weighted by molar-refractivity contribution is 7.85. The third-order valence-electron chi connectivity index (χ3n) is 2.80. The standard InChI is InChI=1S/C15H15FN2O2S/c1-10-3-2-4-12(7-10)21(20)9-15(19)18-14-6-5-11(16)8-13(14)17/h2-8H,9,17H2,1H3,(H,18,19). The van der Waals surface area contributed by atoms with E-state index in [0.29, 0.717) is 10.6 Å². The molecule has 1 amide bonds. The number of benzene rings is 2. The van der Waals surface area contributed by atoms with Gasteiger partial charge in [-0.1, -0.05) is 12.1 Å². The van der Waals surface area contributed by atoms with Gasteiger partial charge in [0.25, 0.3) is 0 Å². The van der Waals surface area contributed by atoms with Crippen molar-refractivity contribution in [2.75, 3.05) is 16.8 Å². The minimum absolute atomic E-state index is 0.129. The van der Waals surface area contributed by atoms with Crippen LogP contribution in [0.15, 0.2) is 47.4 Å². The Hall–Kier alpha value is -2.21. The normalized spacial score (nSPS) is 11.9. The maximum absolute atomic E-state index is 12.9. The largest absolute Gasteiger partial charge is 0.397 e. The fourth-order valence-electron chi connectivity index (χ4n) is 1.79. The van der Waals surface area contributed by atoms with E-state index < -0.39 is 22.5 Å². The molecule has 0 aromatic heterocycles. The molecule has 0 saturated carbocycles. The van der Waals surface area contributed by atoms with Crippen LogP contribution in [0.5, 0.6) is 0 Å². The molecule has 2 rings (SSSR count). The van der Waals surface area contributed by atoms with Gasteiger partial charge < -0.3 is 11.1 Å². The van der Waals surface area contributed by atoms with Crippen molar-refractivity contribution in [2.45, 2.75) is 11.8 Å². The number of carbonyl (C=O) groups is 1. The molecule has 0 aliphatic heterocycles. The molecule has 0 heterocycles. The first kappa shape index (κ1) is 15.2. The first-order valence-corrected chi connectivity index (χ1v) is 7.57. The topological polar surface area (TPSA) is 72.2 Å². The van der Waals surface area contributed by atoms with Crippen LogP contribution >= 0.6 is 0 Å². The highest BCUT2D eigenvalue weighted by Gasteiger charge is 2.12. The van der Waals surface area contributed by atoms with Crippen LogP contribution in [0, 0.1) is 12.7 Å². The van der Waals surface area contributed by atoms with Crippen LogP contribution in [-0.4, -0.2) is 15.9 Å². The lowest BCUT2D eigenvalue weighted by molar-refractivity contribution is -0.113. The fourth-order valence-corrected chi connectivity index (χ4v) is 2.82. The highest BCUT2D eigenvalue weighted by Crippen LogP contribution is 2.19. The molecular weight excluding hydrogens is 291 g/mol. The second-order valence-corrected chi connectivity index (χ2v) is 6.04. The van der Waals surface area contributed by atoms with Crippen molar-refractivity contribution in [3.8, 4) is 0 Å². The molecule has 0 aliphatic rings. The average molecular weight is 306 g/mol. The molecule has 0 bridgehead atoms. The zero-order chi connectivity index (χ0) is 15.4. The Bertz CT molecular complexity index is 704. The second-order valence-electron chi connectivity index (χ2n) is 4.59. The number of halogens is 1. The van der Waals surface area contributed by atoms with Crippen LogP contribution < -0.4 is 11.1 Å².